The molecule has 0 saturated carbocycles. The summed E-state index contributed by atoms with van der Waals surface area (Å²) >= 11 is 0. The Balaban J connectivity index is 2.08. The first-order valence-electron chi connectivity index (χ1n) is 6.36. The number of nitrogens with one attached hydrogen (secondary N) is 1. The molecule has 106 valence electrons. The highest BCUT2D eigenvalue weighted by Crippen LogP contribution is 2.15. The van der Waals surface area contributed by atoms with E-state index in [9.17, 15) is 8.42 Å². The Kier molecular flexibility index (Phi) is 4.42. The van der Waals surface area contributed by atoms with Crippen LogP contribution in [0, 0.1) is 0 Å². The molecule has 1 atom stereocenters. The van der Waals surface area contributed by atoms with Gasteiger partial charge in [-0.25, -0.2) is 13.1 Å². The molecule has 20 heavy (non-hydrogen) atoms. The van der Waals surface area contributed by atoms with Crippen LogP contribution in [0.4, 0.5) is 5.69 Å². The zero-order valence-corrected chi connectivity index (χ0v) is 12.1. The minimum absolute atomic E-state index is 0.0742. The van der Waals surface area contributed by atoms with E-state index in [1.807, 2.05) is 37.3 Å². The maximum Gasteiger partial charge on any atom is 0.216 e. The van der Waals surface area contributed by atoms with Gasteiger partial charge in [0, 0.05) is 11.7 Å². The average Bonchev–Trinajstić information content (AvgIpc) is 2.38. The molecule has 2 aromatic rings. The first-order chi connectivity index (χ1) is 9.46. The maximum absolute atomic E-state index is 12.1. The van der Waals surface area contributed by atoms with Crippen molar-refractivity contribution < 1.29 is 8.42 Å². The summed E-state index contributed by atoms with van der Waals surface area (Å²) in [5.41, 5.74) is 7.83. The van der Waals surface area contributed by atoms with E-state index in [-0.39, 0.29) is 11.8 Å². The lowest BCUT2D eigenvalue weighted by atomic mass is 10.1. The topological polar surface area (TPSA) is 72.2 Å². The van der Waals surface area contributed by atoms with E-state index in [0.29, 0.717) is 11.3 Å². The average molecular weight is 290 g/mol. The van der Waals surface area contributed by atoms with Crippen LogP contribution in [-0.2, 0) is 15.8 Å². The van der Waals surface area contributed by atoms with Crippen LogP contribution in [0.3, 0.4) is 0 Å². The van der Waals surface area contributed by atoms with Crippen molar-refractivity contribution in [2.75, 3.05) is 5.73 Å². The summed E-state index contributed by atoms with van der Waals surface area (Å²) in [5, 5.41) is 0. The second kappa shape index (κ2) is 6.07. The molecule has 0 radical (unpaired) electrons. The molecule has 0 amide bonds. The molecule has 0 aliphatic rings. The normalized spacial score (nSPS) is 13.1. The molecule has 2 aromatic carbocycles. The van der Waals surface area contributed by atoms with Crippen LogP contribution in [0.25, 0.3) is 0 Å². The van der Waals surface area contributed by atoms with Gasteiger partial charge in [0.2, 0.25) is 10.0 Å². The van der Waals surface area contributed by atoms with Crippen molar-refractivity contribution in [1.29, 1.82) is 0 Å². The van der Waals surface area contributed by atoms with Crippen LogP contribution < -0.4 is 10.5 Å². The monoisotopic (exact) mass is 290 g/mol. The number of anilines is 1. The zero-order chi connectivity index (χ0) is 14.6. The van der Waals surface area contributed by atoms with Gasteiger partial charge in [0.05, 0.1) is 5.75 Å². The van der Waals surface area contributed by atoms with Crippen molar-refractivity contribution in [3.05, 3.63) is 65.7 Å². The molecule has 0 fully saturated rings. The molecule has 0 saturated heterocycles. The molecule has 0 unspecified atom stereocenters. The van der Waals surface area contributed by atoms with Crippen molar-refractivity contribution in [3.63, 3.8) is 0 Å². The van der Waals surface area contributed by atoms with E-state index >= 15 is 0 Å². The fourth-order valence-electron chi connectivity index (χ4n) is 2.02. The molecular formula is C15H18N2O2S. The van der Waals surface area contributed by atoms with E-state index in [4.69, 9.17) is 5.73 Å². The van der Waals surface area contributed by atoms with Gasteiger partial charge in [-0.15, -0.1) is 0 Å². The van der Waals surface area contributed by atoms with Crippen LogP contribution in [0.2, 0.25) is 0 Å². The Labute approximate surface area is 119 Å². The number of sulfonamides is 1. The van der Waals surface area contributed by atoms with Gasteiger partial charge in [-0.1, -0.05) is 42.5 Å². The summed E-state index contributed by atoms with van der Waals surface area (Å²) in [7, 11) is -3.40. The van der Waals surface area contributed by atoms with Crippen LogP contribution in [-0.4, -0.2) is 8.42 Å². The molecule has 0 heterocycles. The van der Waals surface area contributed by atoms with E-state index in [1.54, 1.807) is 24.3 Å². The lowest BCUT2D eigenvalue weighted by Crippen LogP contribution is -2.28. The molecule has 2 rings (SSSR count). The summed E-state index contributed by atoms with van der Waals surface area (Å²) in [6, 6.07) is 16.1. The highest BCUT2D eigenvalue weighted by atomic mass is 32.2. The third-order valence-electron chi connectivity index (χ3n) is 2.96. The van der Waals surface area contributed by atoms with Crippen molar-refractivity contribution >= 4 is 15.7 Å². The standard InChI is InChI=1S/C15H18N2O2S/c1-12(14-7-3-2-4-8-14)17-20(18,19)11-13-6-5-9-15(16)10-13/h2-10,12,17H,11,16H2,1H3/t12-/m0/s1. The maximum atomic E-state index is 12.1. The number of nitrogen functional groups attached to an aromatic ring is 1. The second-order valence-electron chi connectivity index (χ2n) is 4.75. The number of nitrogens with two attached hydrogens (primary N) is 1. The van der Waals surface area contributed by atoms with Crippen molar-refractivity contribution in [2.45, 2.75) is 18.7 Å². The fourth-order valence-corrected chi connectivity index (χ4v) is 3.40. The Morgan fingerprint density at radius 1 is 1.10 bits per heavy atom. The van der Waals surface area contributed by atoms with E-state index in [1.165, 1.54) is 0 Å². The van der Waals surface area contributed by atoms with Crippen LogP contribution in [0.15, 0.2) is 54.6 Å². The van der Waals surface area contributed by atoms with Crippen molar-refractivity contribution in [2.24, 2.45) is 0 Å². The summed E-state index contributed by atoms with van der Waals surface area (Å²) in [4.78, 5) is 0. The molecule has 5 heteroatoms. The number of benzene rings is 2. The number of hydrogen-bond donors (Lipinski definition) is 2. The predicted molar refractivity (Wildman–Crippen MR) is 81.5 cm³/mol. The molecule has 0 aliphatic heterocycles. The Morgan fingerprint density at radius 2 is 1.80 bits per heavy atom. The van der Waals surface area contributed by atoms with Gasteiger partial charge in [0.1, 0.15) is 0 Å². The Bertz CT molecular complexity index is 669. The Hall–Kier alpha value is -1.85. The largest absolute Gasteiger partial charge is 0.399 e. The second-order valence-corrected chi connectivity index (χ2v) is 6.51. The lowest BCUT2D eigenvalue weighted by molar-refractivity contribution is 0.566. The van der Waals surface area contributed by atoms with Gasteiger partial charge < -0.3 is 5.73 Å². The van der Waals surface area contributed by atoms with Crippen molar-refractivity contribution in [3.8, 4) is 0 Å². The SMILES string of the molecule is C[C@H](NS(=O)(=O)Cc1cccc(N)c1)c1ccccc1. The van der Waals surface area contributed by atoms with Crippen LogP contribution in [0.1, 0.15) is 24.1 Å². The summed E-state index contributed by atoms with van der Waals surface area (Å²) in [6.07, 6.45) is 0. The summed E-state index contributed by atoms with van der Waals surface area (Å²) in [5.74, 6) is -0.0742. The molecule has 4 nitrogen and oxygen atoms in total. The zero-order valence-electron chi connectivity index (χ0n) is 11.3. The van der Waals surface area contributed by atoms with Crippen LogP contribution >= 0.6 is 0 Å². The van der Waals surface area contributed by atoms with Gasteiger partial charge in [0.15, 0.2) is 0 Å². The smallest absolute Gasteiger partial charge is 0.216 e. The molecule has 0 aromatic heterocycles. The third-order valence-corrected chi connectivity index (χ3v) is 4.39. The first-order valence-corrected chi connectivity index (χ1v) is 8.01. The quantitative estimate of drug-likeness (QED) is 0.831. The van der Waals surface area contributed by atoms with Crippen molar-refractivity contribution in [1.82, 2.24) is 4.72 Å². The molecule has 0 spiro atoms. The van der Waals surface area contributed by atoms with Crippen LogP contribution in [0.5, 0.6) is 0 Å². The molecule has 0 aliphatic carbocycles. The summed E-state index contributed by atoms with van der Waals surface area (Å²) < 4.78 is 27.0. The van der Waals surface area contributed by atoms with E-state index < -0.39 is 10.0 Å². The lowest BCUT2D eigenvalue weighted by Gasteiger charge is -2.14. The highest BCUT2D eigenvalue weighted by Gasteiger charge is 2.16. The number of rotatable bonds is 5. The van der Waals surface area contributed by atoms with Gasteiger partial charge in [-0.2, -0.15) is 0 Å². The summed E-state index contributed by atoms with van der Waals surface area (Å²) in [6.45, 7) is 1.83. The van der Waals surface area contributed by atoms with E-state index in [2.05, 4.69) is 4.72 Å². The Morgan fingerprint density at radius 3 is 2.45 bits per heavy atom. The van der Waals surface area contributed by atoms with Gasteiger partial charge >= 0.3 is 0 Å². The fraction of sp³-hybridized carbons (Fsp3) is 0.200. The molecule has 3 N–H and O–H groups in total. The third kappa shape index (κ3) is 4.08. The van der Waals surface area contributed by atoms with E-state index in [0.717, 1.165) is 5.56 Å². The highest BCUT2D eigenvalue weighted by molar-refractivity contribution is 7.88. The minimum Gasteiger partial charge on any atom is -0.399 e. The molecular weight excluding hydrogens is 272 g/mol. The molecule has 0 bridgehead atoms. The number of hydrogen-bond acceptors (Lipinski definition) is 3. The predicted octanol–water partition coefficient (Wildman–Crippen LogP) is 2.45. The minimum atomic E-state index is -3.40. The van der Waals surface area contributed by atoms with Gasteiger partial charge in [-0.05, 0) is 30.2 Å². The van der Waals surface area contributed by atoms with Gasteiger partial charge in [-0.3, -0.25) is 0 Å². The van der Waals surface area contributed by atoms with Gasteiger partial charge in [0.25, 0.3) is 0 Å². The first kappa shape index (κ1) is 14.6.